The molecule has 2 aromatic carbocycles. The molecule has 4 nitrogen and oxygen atoms in total. The van der Waals surface area contributed by atoms with E-state index in [4.69, 9.17) is 4.74 Å². The summed E-state index contributed by atoms with van der Waals surface area (Å²) in [7, 11) is 1.62. The summed E-state index contributed by atoms with van der Waals surface area (Å²) in [4.78, 5) is 14.8. The second kappa shape index (κ2) is 7.01. The largest absolute Gasteiger partial charge is 0.496 e. The van der Waals surface area contributed by atoms with Crippen LogP contribution in [-0.4, -0.2) is 37.6 Å². The molecule has 0 bridgehead atoms. The number of halogens is 1. The lowest BCUT2D eigenvalue weighted by Gasteiger charge is -2.37. The minimum absolute atomic E-state index is 0.147. The second-order valence-electron chi connectivity index (χ2n) is 5.98. The number of nitrogens with one attached hydrogen (secondary N) is 1. The van der Waals surface area contributed by atoms with Gasteiger partial charge in [0.25, 0.3) is 5.91 Å². The number of carbonyl (C=O) groups is 1. The van der Waals surface area contributed by atoms with Crippen LogP contribution in [0.3, 0.4) is 0 Å². The maximum atomic E-state index is 13.7. The van der Waals surface area contributed by atoms with Crippen molar-refractivity contribution >= 4 is 5.91 Å². The van der Waals surface area contributed by atoms with Gasteiger partial charge in [0.15, 0.2) is 0 Å². The van der Waals surface area contributed by atoms with E-state index in [2.05, 4.69) is 5.32 Å². The zero-order valence-corrected chi connectivity index (χ0v) is 13.9. The average molecular weight is 328 g/mol. The fourth-order valence-electron chi connectivity index (χ4n) is 3.19. The van der Waals surface area contributed by atoms with E-state index in [1.807, 2.05) is 24.3 Å². The molecule has 0 spiro atoms. The molecule has 2 aromatic rings. The lowest BCUT2D eigenvalue weighted by Crippen LogP contribution is -2.48. The molecule has 1 unspecified atom stereocenters. The number of methoxy groups -OCH3 is 1. The summed E-state index contributed by atoms with van der Waals surface area (Å²) in [6.07, 6.45) is 0. The van der Waals surface area contributed by atoms with Crippen LogP contribution in [0, 0.1) is 12.7 Å². The van der Waals surface area contributed by atoms with Crippen LogP contribution < -0.4 is 10.1 Å². The zero-order chi connectivity index (χ0) is 17.1. The second-order valence-corrected chi connectivity index (χ2v) is 5.98. The maximum Gasteiger partial charge on any atom is 0.254 e. The van der Waals surface area contributed by atoms with E-state index >= 15 is 0 Å². The SMILES string of the molecule is COc1ccccc1C1CNCCN1C(=O)c1cc(C)cc(F)c1. The van der Waals surface area contributed by atoms with Crippen LogP contribution in [-0.2, 0) is 0 Å². The molecule has 1 fully saturated rings. The summed E-state index contributed by atoms with van der Waals surface area (Å²) in [5, 5.41) is 3.32. The quantitative estimate of drug-likeness (QED) is 0.942. The van der Waals surface area contributed by atoms with E-state index in [-0.39, 0.29) is 17.8 Å². The molecule has 0 aliphatic carbocycles. The number of benzene rings is 2. The van der Waals surface area contributed by atoms with Gasteiger partial charge in [0.2, 0.25) is 0 Å². The number of ether oxygens (including phenoxy) is 1. The first-order valence-corrected chi connectivity index (χ1v) is 8.02. The molecule has 1 heterocycles. The maximum absolute atomic E-state index is 13.7. The van der Waals surface area contributed by atoms with Gasteiger partial charge in [-0.3, -0.25) is 4.79 Å². The molecule has 1 N–H and O–H groups in total. The molecule has 1 saturated heterocycles. The van der Waals surface area contributed by atoms with Gasteiger partial charge in [-0.05, 0) is 36.8 Å². The third kappa shape index (κ3) is 3.26. The predicted molar refractivity (Wildman–Crippen MR) is 90.8 cm³/mol. The van der Waals surface area contributed by atoms with Crippen LogP contribution in [0.2, 0.25) is 0 Å². The first-order valence-electron chi connectivity index (χ1n) is 8.02. The smallest absolute Gasteiger partial charge is 0.254 e. The van der Waals surface area contributed by atoms with Crippen molar-refractivity contribution in [1.82, 2.24) is 10.2 Å². The number of amides is 1. The fraction of sp³-hybridized carbons (Fsp3) is 0.316. The molecule has 1 atom stereocenters. The Bertz CT molecular complexity index is 728. The van der Waals surface area contributed by atoms with E-state index in [9.17, 15) is 9.18 Å². The highest BCUT2D eigenvalue weighted by Gasteiger charge is 2.30. The van der Waals surface area contributed by atoms with Gasteiger partial charge in [-0.15, -0.1) is 0 Å². The fourth-order valence-corrected chi connectivity index (χ4v) is 3.19. The standard InChI is InChI=1S/C19H21FN2O2/c1-13-9-14(11-15(20)10-13)19(23)22-8-7-21-12-17(22)16-5-3-4-6-18(16)24-2/h3-6,9-11,17,21H,7-8,12H2,1-2H3. The number of carbonyl (C=O) groups excluding carboxylic acids is 1. The Labute approximate surface area is 141 Å². The molecule has 126 valence electrons. The van der Waals surface area contributed by atoms with Crippen LogP contribution >= 0.6 is 0 Å². The van der Waals surface area contributed by atoms with E-state index in [1.165, 1.54) is 12.1 Å². The van der Waals surface area contributed by atoms with E-state index in [1.54, 1.807) is 25.0 Å². The van der Waals surface area contributed by atoms with Crippen LogP contribution in [0.15, 0.2) is 42.5 Å². The lowest BCUT2D eigenvalue weighted by atomic mass is 10.0. The first-order chi connectivity index (χ1) is 11.6. The molecule has 0 aromatic heterocycles. The molecule has 1 amide bonds. The summed E-state index contributed by atoms with van der Waals surface area (Å²) >= 11 is 0. The van der Waals surface area contributed by atoms with Gasteiger partial charge in [0, 0.05) is 30.8 Å². The van der Waals surface area contributed by atoms with Gasteiger partial charge >= 0.3 is 0 Å². The topological polar surface area (TPSA) is 41.6 Å². The minimum atomic E-state index is -0.387. The van der Waals surface area contributed by atoms with E-state index < -0.39 is 0 Å². The number of nitrogens with zero attached hydrogens (tertiary/aromatic N) is 1. The molecule has 0 saturated carbocycles. The molecule has 0 radical (unpaired) electrons. The minimum Gasteiger partial charge on any atom is -0.496 e. The first kappa shape index (κ1) is 16.5. The van der Waals surface area contributed by atoms with Crippen molar-refractivity contribution in [3.05, 3.63) is 65.0 Å². The summed E-state index contributed by atoms with van der Waals surface area (Å²) in [6, 6.07) is 12.0. The average Bonchev–Trinajstić information content (AvgIpc) is 2.60. The van der Waals surface area contributed by atoms with Crippen molar-refractivity contribution in [1.29, 1.82) is 0 Å². The Morgan fingerprint density at radius 2 is 2.08 bits per heavy atom. The number of aryl methyl sites for hydroxylation is 1. The predicted octanol–water partition coefficient (Wildman–Crippen LogP) is 2.93. The lowest BCUT2D eigenvalue weighted by molar-refractivity contribution is 0.0631. The Morgan fingerprint density at radius 1 is 1.29 bits per heavy atom. The zero-order valence-electron chi connectivity index (χ0n) is 13.9. The summed E-state index contributed by atoms with van der Waals surface area (Å²) in [5.41, 5.74) is 2.07. The van der Waals surface area contributed by atoms with Crippen LogP contribution in [0.4, 0.5) is 4.39 Å². The molecular weight excluding hydrogens is 307 g/mol. The van der Waals surface area contributed by atoms with E-state index in [0.717, 1.165) is 16.9 Å². The molecule has 3 rings (SSSR count). The van der Waals surface area contributed by atoms with Gasteiger partial charge in [0.05, 0.1) is 13.2 Å². The van der Waals surface area contributed by atoms with Gasteiger partial charge in [-0.25, -0.2) is 4.39 Å². The molecular formula is C19H21FN2O2. The van der Waals surface area contributed by atoms with Crippen LogP contribution in [0.5, 0.6) is 5.75 Å². The Morgan fingerprint density at radius 3 is 2.83 bits per heavy atom. The van der Waals surface area contributed by atoms with Crippen molar-refractivity contribution < 1.29 is 13.9 Å². The highest BCUT2D eigenvalue weighted by molar-refractivity contribution is 5.94. The van der Waals surface area contributed by atoms with Crippen molar-refractivity contribution in [2.75, 3.05) is 26.7 Å². The van der Waals surface area contributed by atoms with Gasteiger partial charge in [-0.1, -0.05) is 18.2 Å². The van der Waals surface area contributed by atoms with Gasteiger partial charge in [-0.2, -0.15) is 0 Å². The molecule has 24 heavy (non-hydrogen) atoms. The Kier molecular flexibility index (Phi) is 4.81. The monoisotopic (exact) mass is 328 g/mol. The molecule has 1 aliphatic heterocycles. The van der Waals surface area contributed by atoms with Crippen molar-refractivity contribution in [2.24, 2.45) is 0 Å². The summed E-state index contributed by atoms with van der Waals surface area (Å²) in [6.45, 7) is 3.71. The number of para-hydroxylation sites is 1. The Balaban J connectivity index is 1.96. The number of hydrogen-bond acceptors (Lipinski definition) is 3. The highest BCUT2D eigenvalue weighted by atomic mass is 19.1. The van der Waals surface area contributed by atoms with Crippen molar-refractivity contribution in [2.45, 2.75) is 13.0 Å². The van der Waals surface area contributed by atoms with Crippen LogP contribution in [0.25, 0.3) is 0 Å². The number of rotatable bonds is 3. The summed E-state index contributed by atoms with van der Waals surface area (Å²) in [5.74, 6) is 0.205. The Hall–Kier alpha value is -2.40. The van der Waals surface area contributed by atoms with Crippen LogP contribution in [0.1, 0.15) is 27.5 Å². The van der Waals surface area contributed by atoms with E-state index in [0.29, 0.717) is 25.2 Å². The highest BCUT2D eigenvalue weighted by Crippen LogP contribution is 2.31. The van der Waals surface area contributed by atoms with Crippen molar-refractivity contribution in [3.63, 3.8) is 0 Å². The normalized spacial score (nSPS) is 17.6. The van der Waals surface area contributed by atoms with Gasteiger partial charge < -0.3 is 15.0 Å². The van der Waals surface area contributed by atoms with Crippen molar-refractivity contribution in [3.8, 4) is 5.75 Å². The molecule has 5 heteroatoms. The third-order valence-corrected chi connectivity index (χ3v) is 4.29. The third-order valence-electron chi connectivity index (χ3n) is 4.29. The number of piperazine rings is 1. The molecule has 1 aliphatic rings. The number of hydrogen-bond donors (Lipinski definition) is 1. The summed E-state index contributed by atoms with van der Waals surface area (Å²) < 4.78 is 19.1. The van der Waals surface area contributed by atoms with Gasteiger partial charge in [0.1, 0.15) is 11.6 Å².